The molecule has 0 aromatic heterocycles. The molecule has 0 spiro atoms. The molecule has 0 fully saturated rings. The molecule has 1 amide bonds. The summed E-state index contributed by atoms with van der Waals surface area (Å²) in [6.45, 7) is 5.87. The van der Waals surface area contributed by atoms with E-state index < -0.39 is 10.8 Å². The van der Waals surface area contributed by atoms with Gasteiger partial charge in [0.15, 0.2) is 0 Å². The Morgan fingerprint density at radius 2 is 2.05 bits per heavy atom. The first-order valence-electron chi connectivity index (χ1n) is 6.45. The molecular formula is C14H22N2O3S. The van der Waals surface area contributed by atoms with Gasteiger partial charge in [0.2, 0.25) is 5.91 Å². The topological polar surface area (TPSA) is 81.4 Å². The molecule has 6 heteroatoms. The van der Waals surface area contributed by atoms with Crippen LogP contribution in [0.3, 0.4) is 0 Å². The van der Waals surface area contributed by atoms with Gasteiger partial charge in [-0.25, -0.2) is 0 Å². The van der Waals surface area contributed by atoms with Gasteiger partial charge in [0, 0.05) is 27.8 Å². The Kier molecular flexibility index (Phi) is 6.01. The second kappa shape index (κ2) is 7.28. The lowest BCUT2D eigenvalue weighted by atomic mass is 10.2. The van der Waals surface area contributed by atoms with Crippen LogP contribution in [0.1, 0.15) is 20.8 Å². The van der Waals surface area contributed by atoms with Crippen molar-refractivity contribution in [3.63, 3.8) is 0 Å². The molecule has 3 N–H and O–H groups in total. The van der Waals surface area contributed by atoms with Crippen molar-refractivity contribution in [2.75, 3.05) is 23.9 Å². The van der Waals surface area contributed by atoms with Crippen molar-refractivity contribution in [3.05, 3.63) is 18.2 Å². The lowest BCUT2D eigenvalue weighted by Crippen LogP contribution is -2.27. The Balaban J connectivity index is 2.70. The Labute approximate surface area is 122 Å². The predicted octanol–water partition coefficient (Wildman–Crippen LogP) is 2.01. The van der Waals surface area contributed by atoms with Gasteiger partial charge in [-0.2, -0.15) is 0 Å². The van der Waals surface area contributed by atoms with Crippen LogP contribution in [-0.2, 0) is 15.6 Å². The first-order chi connectivity index (χ1) is 9.35. The summed E-state index contributed by atoms with van der Waals surface area (Å²) in [4.78, 5) is 11.9. The third-order valence-corrected chi connectivity index (χ3v) is 5.05. The highest BCUT2D eigenvalue weighted by atomic mass is 32.2. The molecule has 1 rings (SSSR count). The Morgan fingerprint density at radius 1 is 1.40 bits per heavy atom. The fraction of sp³-hybridized carbons (Fsp3) is 0.500. The summed E-state index contributed by atoms with van der Waals surface area (Å²) in [5.41, 5.74) is 6.73. The lowest BCUT2D eigenvalue weighted by Gasteiger charge is -2.15. The smallest absolute Gasteiger partial charge is 0.237 e. The van der Waals surface area contributed by atoms with Crippen LogP contribution in [0.25, 0.3) is 0 Å². The van der Waals surface area contributed by atoms with Gasteiger partial charge in [0.05, 0.1) is 12.8 Å². The van der Waals surface area contributed by atoms with E-state index in [0.29, 0.717) is 17.1 Å². The third kappa shape index (κ3) is 4.52. The van der Waals surface area contributed by atoms with E-state index >= 15 is 0 Å². The van der Waals surface area contributed by atoms with Crippen LogP contribution in [0.2, 0.25) is 0 Å². The number of nitrogen functional groups attached to an aromatic ring is 1. The van der Waals surface area contributed by atoms with Crippen LogP contribution in [-0.4, -0.2) is 28.2 Å². The lowest BCUT2D eigenvalue weighted by molar-refractivity contribution is -0.113. The van der Waals surface area contributed by atoms with Crippen LogP contribution in [0, 0.1) is 5.92 Å². The standard InChI is InChI=1S/C14H22N2O3S/c1-9(2)10(3)20(18)8-14(17)16-12-6-5-11(15)7-13(12)19-4/h5-7,9-10H,8,15H2,1-4H3,(H,16,17). The molecule has 2 unspecified atom stereocenters. The average molecular weight is 298 g/mol. The minimum absolute atomic E-state index is 0.0194. The van der Waals surface area contributed by atoms with Crippen LogP contribution < -0.4 is 15.8 Å². The molecule has 112 valence electrons. The molecule has 5 nitrogen and oxygen atoms in total. The highest BCUT2D eigenvalue weighted by Crippen LogP contribution is 2.26. The van der Waals surface area contributed by atoms with E-state index in [1.807, 2.05) is 20.8 Å². The monoisotopic (exact) mass is 298 g/mol. The summed E-state index contributed by atoms with van der Waals surface area (Å²) in [6.07, 6.45) is 0. The second-order valence-corrected chi connectivity index (χ2v) is 6.78. The zero-order valence-electron chi connectivity index (χ0n) is 12.3. The van der Waals surface area contributed by atoms with Crippen LogP contribution in [0.15, 0.2) is 18.2 Å². The minimum Gasteiger partial charge on any atom is -0.494 e. The van der Waals surface area contributed by atoms with Gasteiger partial charge in [-0.1, -0.05) is 20.8 Å². The summed E-state index contributed by atoms with van der Waals surface area (Å²) < 4.78 is 17.1. The molecule has 0 aliphatic carbocycles. The van der Waals surface area contributed by atoms with Gasteiger partial charge in [-0.3, -0.25) is 9.00 Å². The van der Waals surface area contributed by atoms with E-state index in [9.17, 15) is 9.00 Å². The maximum atomic E-state index is 12.0. The predicted molar refractivity (Wildman–Crippen MR) is 83.3 cm³/mol. The molecule has 0 heterocycles. The molecule has 2 atom stereocenters. The summed E-state index contributed by atoms with van der Waals surface area (Å²) in [5.74, 6) is 0.446. The van der Waals surface area contributed by atoms with Gasteiger partial charge in [-0.05, 0) is 18.1 Å². The number of carbonyl (C=O) groups excluding carboxylic acids is 1. The number of anilines is 2. The average Bonchev–Trinajstić information content (AvgIpc) is 2.39. The van der Waals surface area contributed by atoms with Crippen molar-refractivity contribution in [1.82, 2.24) is 0 Å². The summed E-state index contributed by atoms with van der Waals surface area (Å²) >= 11 is 0. The molecule has 20 heavy (non-hydrogen) atoms. The molecule has 1 aromatic carbocycles. The van der Waals surface area contributed by atoms with Crippen molar-refractivity contribution >= 4 is 28.1 Å². The van der Waals surface area contributed by atoms with Crippen molar-refractivity contribution in [3.8, 4) is 5.75 Å². The number of methoxy groups -OCH3 is 1. The minimum atomic E-state index is -1.19. The van der Waals surface area contributed by atoms with Gasteiger partial charge in [0.1, 0.15) is 11.5 Å². The molecule has 0 aliphatic rings. The summed E-state index contributed by atoms with van der Waals surface area (Å²) in [5, 5.41) is 2.68. The van der Waals surface area contributed by atoms with Gasteiger partial charge in [0.25, 0.3) is 0 Å². The van der Waals surface area contributed by atoms with E-state index in [1.54, 1.807) is 18.2 Å². The van der Waals surface area contributed by atoms with Crippen LogP contribution in [0.5, 0.6) is 5.75 Å². The van der Waals surface area contributed by atoms with E-state index in [0.717, 1.165) is 0 Å². The number of hydrogen-bond acceptors (Lipinski definition) is 4. The van der Waals surface area contributed by atoms with E-state index in [1.165, 1.54) is 7.11 Å². The number of nitrogens with one attached hydrogen (secondary N) is 1. The van der Waals surface area contributed by atoms with Crippen molar-refractivity contribution in [1.29, 1.82) is 0 Å². The van der Waals surface area contributed by atoms with Crippen molar-refractivity contribution < 1.29 is 13.7 Å². The molecule has 0 radical (unpaired) electrons. The Bertz CT molecular complexity index is 503. The maximum Gasteiger partial charge on any atom is 0.237 e. The van der Waals surface area contributed by atoms with Gasteiger partial charge in [-0.15, -0.1) is 0 Å². The number of amides is 1. The largest absolute Gasteiger partial charge is 0.494 e. The highest BCUT2D eigenvalue weighted by molar-refractivity contribution is 7.86. The number of ether oxygens (including phenoxy) is 1. The molecule has 0 aliphatic heterocycles. The van der Waals surface area contributed by atoms with Crippen LogP contribution >= 0.6 is 0 Å². The third-order valence-electron chi connectivity index (χ3n) is 3.13. The number of benzene rings is 1. The molecule has 0 saturated heterocycles. The van der Waals surface area contributed by atoms with Crippen LogP contribution in [0.4, 0.5) is 11.4 Å². The quantitative estimate of drug-likeness (QED) is 0.787. The molecule has 1 aromatic rings. The summed E-state index contributed by atoms with van der Waals surface area (Å²) in [7, 11) is 0.314. The fourth-order valence-corrected chi connectivity index (χ4v) is 2.76. The zero-order valence-corrected chi connectivity index (χ0v) is 13.1. The molecule has 0 bridgehead atoms. The van der Waals surface area contributed by atoms with E-state index in [2.05, 4.69) is 5.32 Å². The normalized spacial score (nSPS) is 13.8. The zero-order chi connectivity index (χ0) is 15.3. The van der Waals surface area contributed by atoms with E-state index in [-0.39, 0.29) is 22.8 Å². The second-order valence-electron chi connectivity index (χ2n) is 4.98. The fourth-order valence-electron chi connectivity index (χ4n) is 1.56. The van der Waals surface area contributed by atoms with Gasteiger partial charge >= 0.3 is 0 Å². The van der Waals surface area contributed by atoms with Crippen molar-refractivity contribution in [2.24, 2.45) is 5.92 Å². The number of carbonyl (C=O) groups is 1. The SMILES string of the molecule is COc1cc(N)ccc1NC(=O)CS(=O)C(C)C(C)C. The van der Waals surface area contributed by atoms with Gasteiger partial charge < -0.3 is 15.8 Å². The first-order valence-corrected chi connectivity index (χ1v) is 7.84. The summed E-state index contributed by atoms with van der Waals surface area (Å²) in [6, 6.07) is 4.97. The van der Waals surface area contributed by atoms with Crippen molar-refractivity contribution in [2.45, 2.75) is 26.0 Å². The maximum absolute atomic E-state index is 12.0. The number of nitrogens with two attached hydrogens (primary N) is 1. The Morgan fingerprint density at radius 3 is 2.60 bits per heavy atom. The number of rotatable bonds is 6. The van der Waals surface area contributed by atoms with E-state index in [4.69, 9.17) is 10.5 Å². The number of hydrogen-bond donors (Lipinski definition) is 2. The first kappa shape index (κ1) is 16.5. The highest BCUT2D eigenvalue weighted by Gasteiger charge is 2.18. The molecule has 0 saturated carbocycles. The molecular weight excluding hydrogens is 276 g/mol. The Hall–Kier alpha value is -1.56.